The third kappa shape index (κ3) is 3.62. The number of amides is 1. The molecule has 0 spiro atoms. The van der Waals surface area contributed by atoms with Gasteiger partial charge in [0.25, 0.3) is 0 Å². The van der Waals surface area contributed by atoms with Gasteiger partial charge < -0.3 is 14.4 Å². The van der Waals surface area contributed by atoms with Gasteiger partial charge >= 0.3 is 0 Å². The normalized spacial score (nSPS) is 15.3. The number of piperazine rings is 1. The molecule has 1 aliphatic heterocycles. The molecule has 3 rings (SSSR count). The van der Waals surface area contributed by atoms with E-state index in [1.165, 1.54) is 0 Å². The van der Waals surface area contributed by atoms with Crippen molar-refractivity contribution in [1.82, 2.24) is 14.5 Å². The maximum absolute atomic E-state index is 12.3. The molecule has 0 N–H and O–H groups in total. The quantitative estimate of drug-likeness (QED) is 0.814. The van der Waals surface area contributed by atoms with Crippen molar-refractivity contribution in [2.45, 2.75) is 13.5 Å². The molecule has 2 aromatic rings. The van der Waals surface area contributed by atoms with E-state index < -0.39 is 0 Å². The number of benzene rings is 1. The maximum atomic E-state index is 12.3. The molecule has 0 bridgehead atoms. The monoisotopic (exact) mass is 310 g/mol. The standard InChI is InChI=1S/C18H22N4O/c1-2-20-11-10-19-18(20)22-14-12-21(13-15-22)17(23)9-8-16-6-4-3-5-7-16/h3-11H,2,12-15H2,1H3/b9-8-. The van der Waals surface area contributed by atoms with Gasteiger partial charge in [0.05, 0.1) is 0 Å². The van der Waals surface area contributed by atoms with Crippen LogP contribution in [-0.2, 0) is 11.3 Å². The molecule has 0 radical (unpaired) electrons. The molecule has 120 valence electrons. The van der Waals surface area contributed by atoms with Gasteiger partial charge in [0, 0.05) is 51.2 Å². The van der Waals surface area contributed by atoms with Crippen molar-refractivity contribution in [3.63, 3.8) is 0 Å². The summed E-state index contributed by atoms with van der Waals surface area (Å²) in [6, 6.07) is 9.90. The number of rotatable bonds is 4. The van der Waals surface area contributed by atoms with E-state index in [-0.39, 0.29) is 5.91 Å². The minimum atomic E-state index is 0.0762. The first-order valence-electron chi connectivity index (χ1n) is 8.06. The fourth-order valence-corrected chi connectivity index (χ4v) is 2.80. The Labute approximate surface area is 136 Å². The number of nitrogens with zero attached hydrogens (tertiary/aromatic N) is 4. The second-order valence-electron chi connectivity index (χ2n) is 5.57. The summed E-state index contributed by atoms with van der Waals surface area (Å²) >= 11 is 0. The molecule has 0 unspecified atom stereocenters. The smallest absolute Gasteiger partial charge is 0.246 e. The molecular weight excluding hydrogens is 288 g/mol. The van der Waals surface area contributed by atoms with Crippen molar-refractivity contribution in [3.8, 4) is 0 Å². The van der Waals surface area contributed by atoms with E-state index in [0.29, 0.717) is 0 Å². The lowest BCUT2D eigenvalue weighted by Crippen LogP contribution is -2.49. The molecule has 1 aromatic carbocycles. The molecule has 5 heteroatoms. The molecule has 1 amide bonds. The third-order valence-corrected chi connectivity index (χ3v) is 4.13. The Morgan fingerprint density at radius 2 is 1.91 bits per heavy atom. The fraction of sp³-hybridized carbons (Fsp3) is 0.333. The predicted molar refractivity (Wildman–Crippen MR) is 92.2 cm³/mol. The summed E-state index contributed by atoms with van der Waals surface area (Å²) in [5.41, 5.74) is 1.05. The molecule has 2 heterocycles. The highest BCUT2D eigenvalue weighted by molar-refractivity contribution is 5.91. The Kier molecular flexibility index (Phi) is 4.76. The predicted octanol–water partition coefficient (Wildman–Crippen LogP) is 2.27. The molecule has 0 aliphatic carbocycles. The zero-order chi connectivity index (χ0) is 16.1. The Hall–Kier alpha value is -2.56. The molecule has 23 heavy (non-hydrogen) atoms. The molecule has 1 aromatic heterocycles. The molecule has 1 saturated heterocycles. The Morgan fingerprint density at radius 1 is 1.17 bits per heavy atom. The van der Waals surface area contributed by atoms with E-state index in [2.05, 4.69) is 21.4 Å². The Balaban J connectivity index is 1.56. The number of carbonyl (C=O) groups is 1. The average Bonchev–Trinajstić information content (AvgIpc) is 3.09. The van der Waals surface area contributed by atoms with Gasteiger partial charge in [-0.2, -0.15) is 0 Å². The summed E-state index contributed by atoms with van der Waals surface area (Å²) in [6.45, 7) is 6.13. The van der Waals surface area contributed by atoms with E-state index in [1.807, 2.05) is 53.7 Å². The number of hydrogen-bond acceptors (Lipinski definition) is 3. The maximum Gasteiger partial charge on any atom is 0.246 e. The summed E-state index contributed by atoms with van der Waals surface area (Å²) in [5, 5.41) is 0. The average molecular weight is 310 g/mol. The van der Waals surface area contributed by atoms with Gasteiger partial charge in [-0.1, -0.05) is 30.3 Å². The van der Waals surface area contributed by atoms with E-state index in [4.69, 9.17) is 0 Å². The lowest BCUT2D eigenvalue weighted by atomic mass is 10.2. The lowest BCUT2D eigenvalue weighted by Gasteiger charge is -2.35. The van der Waals surface area contributed by atoms with Crippen LogP contribution < -0.4 is 4.90 Å². The van der Waals surface area contributed by atoms with Crippen molar-refractivity contribution in [1.29, 1.82) is 0 Å². The summed E-state index contributed by atoms with van der Waals surface area (Å²) in [5.74, 6) is 1.08. The molecule has 1 aliphatic rings. The number of aromatic nitrogens is 2. The van der Waals surface area contributed by atoms with E-state index in [9.17, 15) is 4.79 Å². The molecule has 0 atom stereocenters. The number of hydrogen-bond donors (Lipinski definition) is 0. The van der Waals surface area contributed by atoms with Crippen LogP contribution in [0.5, 0.6) is 0 Å². The lowest BCUT2D eigenvalue weighted by molar-refractivity contribution is -0.126. The number of imidazole rings is 1. The van der Waals surface area contributed by atoms with Crippen LogP contribution in [0.15, 0.2) is 48.8 Å². The first kappa shape index (κ1) is 15.3. The highest BCUT2D eigenvalue weighted by Crippen LogP contribution is 2.14. The van der Waals surface area contributed by atoms with Crippen molar-refractivity contribution in [3.05, 3.63) is 54.4 Å². The van der Waals surface area contributed by atoms with E-state index >= 15 is 0 Å². The molecular formula is C18H22N4O. The highest BCUT2D eigenvalue weighted by atomic mass is 16.2. The van der Waals surface area contributed by atoms with Crippen molar-refractivity contribution in [2.24, 2.45) is 0 Å². The zero-order valence-electron chi connectivity index (χ0n) is 13.4. The van der Waals surface area contributed by atoms with Gasteiger partial charge in [0.2, 0.25) is 11.9 Å². The summed E-state index contributed by atoms with van der Waals surface area (Å²) in [4.78, 5) is 20.9. The van der Waals surface area contributed by atoms with Crippen LogP contribution in [0.1, 0.15) is 12.5 Å². The fourth-order valence-electron chi connectivity index (χ4n) is 2.80. The van der Waals surface area contributed by atoms with Gasteiger partial charge in [-0.15, -0.1) is 0 Å². The molecule has 5 nitrogen and oxygen atoms in total. The third-order valence-electron chi connectivity index (χ3n) is 4.13. The van der Waals surface area contributed by atoms with Gasteiger partial charge in [-0.3, -0.25) is 4.79 Å². The van der Waals surface area contributed by atoms with Gasteiger partial charge in [-0.05, 0) is 18.6 Å². The van der Waals surface area contributed by atoms with Gasteiger partial charge in [0.1, 0.15) is 0 Å². The van der Waals surface area contributed by atoms with Crippen LogP contribution in [0.3, 0.4) is 0 Å². The van der Waals surface area contributed by atoms with Crippen LogP contribution in [0, 0.1) is 0 Å². The summed E-state index contributed by atoms with van der Waals surface area (Å²) in [6.07, 6.45) is 7.37. The first-order valence-corrected chi connectivity index (χ1v) is 8.06. The van der Waals surface area contributed by atoms with Crippen molar-refractivity contribution in [2.75, 3.05) is 31.1 Å². The van der Waals surface area contributed by atoms with Crippen LogP contribution in [-0.4, -0.2) is 46.5 Å². The highest BCUT2D eigenvalue weighted by Gasteiger charge is 2.21. The molecule has 0 saturated carbocycles. The minimum Gasteiger partial charge on any atom is -0.339 e. The number of carbonyl (C=O) groups excluding carboxylic acids is 1. The van der Waals surface area contributed by atoms with Gasteiger partial charge in [0.15, 0.2) is 0 Å². The van der Waals surface area contributed by atoms with Crippen LogP contribution in [0.25, 0.3) is 6.08 Å². The van der Waals surface area contributed by atoms with Gasteiger partial charge in [-0.25, -0.2) is 4.98 Å². The zero-order valence-corrected chi connectivity index (χ0v) is 13.4. The summed E-state index contributed by atoms with van der Waals surface area (Å²) in [7, 11) is 0. The van der Waals surface area contributed by atoms with Crippen LogP contribution in [0.4, 0.5) is 5.95 Å². The first-order chi connectivity index (χ1) is 11.3. The summed E-state index contributed by atoms with van der Waals surface area (Å²) < 4.78 is 2.13. The number of anilines is 1. The van der Waals surface area contributed by atoms with Crippen LogP contribution in [0.2, 0.25) is 0 Å². The van der Waals surface area contributed by atoms with Crippen molar-refractivity contribution >= 4 is 17.9 Å². The van der Waals surface area contributed by atoms with Crippen LogP contribution >= 0.6 is 0 Å². The second-order valence-corrected chi connectivity index (χ2v) is 5.57. The Morgan fingerprint density at radius 3 is 2.61 bits per heavy atom. The van der Waals surface area contributed by atoms with Crippen molar-refractivity contribution < 1.29 is 4.79 Å². The van der Waals surface area contributed by atoms with E-state index in [1.54, 1.807) is 6.08 Å². The second kappa shape index (κ2) is 7.13. The number of aryl methyl sites for hydroxylation is 1. The topological polar surface area (TPSA) is 41.4 Å². The Bertz CT molecular complexity index is 669. The molecule has 1 fully saturated rings. The SMILES string of the molecule is CCn1ccnc1N1CCN(C(=O)/C=C\c2ccccc2)CC1. The van der Waals surface area contributed by atoms with E-state index in [0.717, 1.165) is 44.2 Å². The largest absolute Gasteiger partial charge is 0.339 e. The minimum absolute atomic E-state index is 0.0762.